The van der Waals surface area contributed by atoms with E-state index >= 15 is 0 Å². The van der Waals surface area contributed by atoms with Gasteiger partial charge in [0.1, 0.15) is 11.4 Å². The van der Waals surface area contributed by atoms with Crippen LogP contribution in [0.3, 0.4) is 0 Å². The predicted octanol–water partition coefficient (Wildman–Crippen LogP) is 0.484. The first-order chi connectivity index (χ1) is 12.9. The Morgan fingerprint density at radius 2 is 1.89 bits per heavy atom. The molecule has 0 saturated heterocycles. The zero-order valence-electron chi connectivity index (χ0n) is 16.2. The van der Waals surface area contributed by atoms with Crippen molar-refractivity contribution in [3.05, 3.63) is 50.7 Å². The third-order valence-corrected chi connectivity index (χ3v) is 5.24. The number of benzene rings is 1. The average Bonchev–Trinajstić information content (AvgIpc) is 2.61. The molecule has 0 atom stereocenters. The summed E-state index contributed by atoms with van der Waals surface area (Å²) in [6, 6.07) is 5.98. The van der Waals surface area contributed by atoms with Gasteiger partial charge in [-0.1, -0.05) is 19.9 Å². The van der Waals surface area contributed by atoms with E-state index in [9.17, 15) is 22.8 Å². The fourth-order valence-electron chi connectivity index (χ4n) is 2.69. The van der Waals surface area contributed by atoms with Crippen molar-refractivity contribution in [2.24, 2.45) is 13.0 Å². The molecule has 9 nitrogen and oxygen atoms in total. The molecule has 0 saturated carbocycles. The maximum absolute atomic E-state index is 12.7. The molecule has 0 unspecified atom stereocenters. The molecule has 0 radical (unpaired) electrons. The van der Waals surface area contributed by atoms with Crippen LogP contribution < -0.4 is 22.3 Å². The first-order valence-electron chi connectivity index (χ1n) is 8.60. The van der Waals surface area contributed by atoms with Crippen LogP contribution >= 0.6 is 0 Å². The number of sulfone groups is 1. The first-order valence-corrected chi connectivity index (χ1v) is 10.5. The van der Waals surface area contributed by atoms with Crippen LogP contribution in [0.1, 0.15) is 24.2 Å². The summed E-state index contributed by atoms with van der Waals surface area (Å²) >= 11 is 0. The number of Topliss-reactive ketones (excluding diaryl/α,β-unsaturated/α-hetero) is 1. The predicted molar refractivity (Wildman–Crippen MR) is 108 cm³/mol. The van der Waals surface area contributed by atoms with Gasteiger partial charge in [-0.25, -0.2) is 13.2 Å². The van der Waals surface area contributed by atoms with Crippen LogP contribution in [0.15, 0.2) is 38.8 Å². The van der Waals surface area contributed by atoms with Crippen LogP contribution in [0, 0.1) is 5.92 Å². The van der Waals surface area contributed by atoms with E-state index in [4.69, 9.17) is 5.73 Å². The van der Waals surface area contributed by atoms with Crippen molar-refractivity contribution in [1.29, 1.82) is 0 Å². The van der Waals surface area contributed by atoms with E-state index in [1.807, 2.05) is 13.8 Å². The van der Waals surface area contributed by atoms with E-state index in [0.717, 1.165) is 10.8 Å². The summed E-state index contributed by atoms with van der Waals surface area (Å²) < 4.78 is 25.4. The molecule has 1 heterocycles. The molecule has 0 aliphatic heterocycles. The van der Waals surface area contributed by atoms with Gasteiger partial charge in [0.25, 0.3) is 5.56 Å². The Labute approximate surface area is 162 Å². The number of hydrogen-bond donors (Lipinski definition) is 2. The van der Waals surface area contributed by atoms with Crippen molar-refractivity contribution >= 4 is 27.1 Å². The number of nitrogens with zero attached hydrogens (tertiary/aromatic N) is 2. The lowest BCUT2D eigenvalue weighted by atomic mass is 10.1. The number of hydrogen-bond acceptors (Lipinski definition) is 7. The molecular weight excluding hydrogens is 384 g/mol. The van der Waals surface area contributed by atoms with Gasteiger partial charge >= 0.3 is 5.69 Å². The molecule has 0 amide bonds. The van der Waals surface area contributed by atoms with E-state index in [0.29, 0.717) is 5.69 Å². The lowest BCUT2D eigenvalue weighted by molar-refractivity contribution is 0.100. The normalized spacial score (nSPS) is 11.6. The summed E-state index contributed by atoms with van der Waals surface area (Å²) in [6.07, 6.45) is 1.08. The number of ketones is 1. The minimum atomic E-state index is -3.39. The fraction of sp³-hybridized carbons (Fsp3) is 0.389. The summed E-state index contributed by atoms with van der Waals surface area (Å²) in [5.41, 5.74) is 4.76. The maximum atomic E-state index is 12.7. The second-order valence-electron chi connectivity index (χ2n) is 6.99. The minimum absolute atomic E-state index is 0.0808. The quantitative estimate of drug-likeness (QED) is 0.637. The van der Waals surface area contributed by atoms with Crippen molar-refractivity contribution in [3.63, 3.8) is 0 Å². The van der Waals surface area contributed by atoms with Gasteiger partial charge in [0.05, 0.1) is 11.4 Å². The SMILES string of the molecule is CC(C)Cn1c(N)c(C(=O)CNc2cccc(S(C)(=O)=O)c2)c(=O)n(C)c1=O. The van der Waals surface area contributed by atoms with E-state index in [1.165, 1.54) is 23.7 Å². The smallest absolute Gasteiger partial charge is 0.332 e. The van der Waals surface area contributed by atoms with Crippen molar-refractivity contribution in [2.75, 3.05) is 23.9 Å². The van der Waals surface area contributed by atoms with Gasteiger partial charge in [-0.05, 0) is 24.1 Å². The number of rotatable bonds is 7. The summed E-state index contributed by atoms with van der Waals surface area (Å²) in [5.74, 6) is -0.684. The zero-order valence-corrected chi connectivity index (χ0v) is 17.0. The van der Waals surface area contributed by atoms with Crippen LogP contribution in [0.2, 0.25) is 0 Å². The van der Waals surface area contributed by atoms with Crippen molar-refractivity contribution < 1.29 is 13.2 Å². The molecule has 2 aromatic rings. The third-order valence-electron chi connectivity index (χ3n) is 4.13. The number of nitrogens with two attached hydrogens (primary N) is 1. The topological polar surface area (TPSA) is 133 Å². The number of carbonyl (C=O) groups excluding carboxylic acids is 1. The Morgan fingerprint density at radius 1 is 1.25 bits per heavy atom. The number of aromatic nitrogens is 2. The summed E-state index contributed by atoms with van der Waals surface area (Å²) in [7, 11) is -2.10. The van der Waals surface area contributed by atoms with Gasteiger partial charge in [0.15, 0.2) is 15.6 Å². The van der Waals surface area contributed by atoms with E-state index in [2.05, 4.69) is 5.32 Å². The monoisotopic (exact) mass is 408 g/mol. The summed E-state index contributed by atoms with van der Waals surface area (Å²) in [6.45, 7) is 3.75. The molecule has 10 heteroatoms. The highest BCUT2D eigenvalue weighted by Crippen LogP contribution is 2.16. The van der Waals surface area contributed by atoms with Crippen molar-refractivity contribution in [3.8, 4) is 0 Å². The van der Waals surface area contributed by atoms with Gasteiger partial charge in [0.2, 0.25) is 0 Å². The van der Waals surface area contributed by atoms with Crippen molar-refractivity contribution in [1.82, 2.24) is 9.13 Å². The molecule has 0 aliphatic rings. The minimum Gasteiger partial charge on any atom is -0.384 e. The van der Waals surface area contributed by atoms with Gasteiger partial charge in [-0.15, -0.1) is 0 Å². The number of anilines is 2. The molecule has 0 aliphatic carbocycles. The van der Waals surface area contributed by atoms with Crippen LogP contribution in [0.4, 0.5) is 11.5 Å². The molecule has 1 aromatic heterocycles. The van der Waals surface area contributed by atoms with E-state index < -0.39 is 26.9 Å². The summed E-state index contributed by atoms with van der Waals surface area (Å²) in [5, 5.41) is 2.80. The Morgan fingerprint density at radius 3 is 2.46 bits per heavy atom. The summed E-state index contributed by atoms with van der Waals surface area (Å²) in [4.78, 5) is 37.5. The Kier molecular flexibility index (Phi) is 6.13. The van der Waals surface area contributed by atoms with E-state index in [1.54, 1.807) is 12.1 Å². The fourth-order valence-corrected chi connectivity index (χ4v) is 3.36. The van der Waals surface area contributed by atoms with Crippen LogP contribution in [0.5, 0.6) is 0 Å². The standard InChI is InChI=1S/C18H24N4O5S/c1-11(2)10-22-16(19)15(17(24)21(3)18(22)25)14(23)9-20-12-6-5-7-13(8-12)28(4,26)27/h5-8,11,20H,9-10,19H2,1-4H3. The first kappa shape index (κ1) is 21.4. The van der Waals surface area contributed by atoms with Gasteiger partial charge in [-0.3, -0.25) is 18.7 Å². The number of nitrogen functional groups attached to an aromatic ring is 1. The second kappa shape index (κ2) is 8.01. The molecule has 1 aromatic carbocycles. The molecule has 0 bridgehead atoms. The molecule has 0 spiro atoms. The highest BCUT2D eigenvalue weighted by molar-refractivity contribution is 7.90. The van der Waals surface area contributed by atoms with Crippen LogP contribution in [-0.2, 0) is 23.4 Å². The molecule has 152 valence electrons. The highest BCUT2D eigenvalue weighted by atomic mass is 32.2. The van der Waals surface area contributed by atoms with Crippen molar-refractivity contribution in [2.45, 2.75) is 25.3 Å². The number of nitrogens with one attached hydrogen (secondary N) is 1. The van der Waals surface area contributed by atoms with Gasteiger partial charge < -0.3 is 11.1 Å². The lowest BCUT2D eigenvalue weighted by Gasteiger charge is -2.16. The molecule has 28 heavy (non-hydrogen) atoms. The largest absolute Gasteiger partial charge is 0.384 e. The molecule has 0 fully saturated rings. The second-order valence-corrected chi connectivity index (χ2v) is 9.00. The Balaban J connectivity index is 2.36. The van der Waals surface area contributed by atoms with Gasteiger partial charge in [-0.2, -0.15) is 0 Å². The van der Waals surface area contributed by atoms with Gasteiger partial charge in [0, 0.05) is 25.5 Å². The Bertz CT molecular complexity index is 1130. The third kappa shape index (κ3) is 4.50. The average molecular weight is 408 g/mol. The maximum Gasteiger partial charge on any atom is 0.332 e. The zero-order chi connectivity index (χ0) is 21.2. The number of carbonyl (C=O) groups is 1. The van der Waals surface area contributed by atoms with Crippen LogP contribution in [0.25, 0.3) is 0 Å². The van der Waals surface area contributed by atoms with E-state index in [-0.39, 0.29) is 35.3 Å². The molecule has 3 N–H and O–H groups in total. The highest BCUT2D eigenvalue weighted by Gasteiger charge is 2.21. The lowest BCUT2D eigenvalue weighted by Crippen LogP contribution is -2.43. The molecule has 2 rings (SSSR count). The molecular formula is C18H24N4O5S. The Hall–Kier alpha value is -2.88. The van der Waals surface area contributed by atoms with Crippen LogP contribution in [-0.4, -0.2) is 36.1 Å².